The molecule has 0 aromatic rings. The van der Waals surface area contributed by atoms with Gasteiger partial charge in [0.25, 0.3) is 11.8 Å². The van der Waals surface area contributed by atoms with Gasteiger partial charge in [0, 0.05) is 12.2 Å². The lowest BCUT2D eigenvalue weighted by Gasteiger charge is -2.07. The fraction of sp³-hybridized carbons (Fsp3) is 0.333. The molecule has 2 saturated heterocycles. The number of ether oxygens (including phenoxy) is 2. The van der Waals surface area contributed by atoms with Crippen molar-refractivity contribution in [3.8, 4) is 0 Å². The Morgan fingerprint density at radius 1 is 0.792 bits per heavy atom. The molecule has 0 aromatic heterocycles. The molecule has 2 aliphatic rings. The van der Waals surface area contributed by atoms with Crippen LogP contribution < -0.4 is 21.3 Å². The van der Waals surface area contributed by atoms with Crippen molar-refractivity contribution in [2.75, 3.05) is 13.2 Å². The van der Waals surface area contributed by atoms with E-state index in [-0.39, 0.29) is 0 Å². The monoisotopic (exact) mass is 340 g/mol. The second kappa shape index (κ2) is 7.21. The first kappa shape index (κ1) is 16.9. The average molecular weight is 340 g/mol. The third-order valence-corrected chi connectivity index (χ3v) is 2.86. The standard InChI is InChI=1S/C12H12N4O8/c17-7(23-3-5-9(19)15-11(21)13-5)1-2-8(18)24-4-6-10(20)16-12(22)14-6/h1-2,5-6H,3-4H2,(H2,13,15,19,21)(H2,14,16,20,22)/b2-1+/t5-,6-/m1/s1. The largest absolute Gasteiger partial charge is 0.460 e. The molecule has 2 aliphatic heterocycles. The summed E-state index contributed by atoms with van der Waals surface area (Å²) in [6.45, 7) is -0.797. The number of carbonyl (C=O) groups excluding carboxylic acids is 6. The Hall–Kier alpha value is -3.44. The molecule has 0 saturated carbocycles. The Morgan fingerprint density at radius 3 is 1.46 bits per heavy atom. The van der Waals surface area contributed by atoms with Crippen LogP contribution in [0.4, 0.5) is 9.59 Å². The Kier molecular flexibility index (Phi) is 5.09. The molecule has 6 amide bonds. The number of nitrogens with one attached hydrogen (secondary N) is 4. The zero-order valence-electron chi connectivity index (χ0n) is 12.0. The molecule has 128 valence electrons. The Labute approximate surface area is 133 Å². The molecule has 0 unspecified atom stereocenters. The highest BCUT2D eigenvalue weighted by molar-refractivity contribution is 6.05. The van der Waals surface area contributed by atoms with E-state index < -0.39 is 61.1 Å². The SMILES string of the molecule is O=C1NC(=O)[C@@H](COC(=O)/C=C/C(=O)OC[C@H]2NC(=O)NC2=O)N1. The molecule has 12 nitrogen and oxygen atoms in total. The third kappa shape index (κ3) is 4.53. The summed E-state index contributed by atoms with van der Waals surface area (Å²) in [6, 6.07) is -3.37. The van der Waals surface area contributed by atoms with Gasteiger partial charge in [0.15, 0.2) is 0 Å². The number of esters is 2. The van der Waals surface area contributed by atoms with Crippen LogP contribution in [0.3, 0.4) is 0 Å². The van der Waals surface area contributed by atoms with Crippen LogP contribution in [0.25, 0.3) is 0 Å². The van der Waals surface area contributed by atoms with Gasteiger partial charge in [-0.25, -0.2) is 19.2 Å². The number of imide groups is 2. The number of hydrogen-bond acceptors (Lipinski definition) is 8. The van der Waals surface area contributed by atoms with Crippen LogP contribution in [0.2, 0.25) is 0 Å². The summed E-state index contributed by atoms with van der Waals surface area (Å²) < 4.78 is 9.35. The molecule has 4 N–H and O–H groups in total. The van der Waals surface area contributed by atoms with Gasteiger partial charge in [-0.15, -0.1) is 0 Å². The van der Waals surface area contributed by atoms with E-state index >= 15 is 0 Å². The average Bonchev–Trinajstić information content (AvgIpc) is 3.01. The van der Waals surface area contributed by atoms with Gasteiger partial charge in [0.2, 0.25) is 0 Å². The first-order valence-corrected chi connectivity index (χ1v) is 6.59. The van der Waals surface area contributed by atoms with Gasteiger partial charge in [0.05, 0.1) is 0 Å². The van der Waals surface area contributed by atoms with Crippen molar-refractivity contribution < 1.29 is 38.2 Å². The van der Waals surface area contributed by atoms with Gasteiger partial charge in [-0.1, -0.05) is 0 Å². The molecule has 0 radical (unpaired) electrons. The summed E-state index contributed by atoms with van der Waals surface area (Å²) in [5.74, 6) is -3.14. The molecular weight excluding hydrogens is 328 g/mol. The van der Waals surface area contributed by atoms with Crippen LogP contribution >= 0.6 is 0 Å². The smallest absolute Gasteiger partial charge is 0.331 e. The molecule has 2 rings (SSSR count). The van der Waals surface area contributed by atoms with Gasteiger partial charge < -0.3 is 20.1 Å². The first-order valence-electron chi connectivity index (χ1n) is 6.59. The third-order valence-electron chi connectivity index (χ3n) is 2.86. The van der Waals surface area contributed by atoms with Crippen molar-refractivity contribution in [1.82, 2.24) is 21.3 Å². The quantitative estimate of drug-likeness (QED) is 0.226. The lowest BCUT2D eigenvalue weighted by atomic mass is 10.3. The van der Waals surface area contributed by atoms with E-state index in [1.807, 2.05) is 10.6 Å². The first-order chi connectivity index (χ1) is 11.3. The molecule has 2 fully saturated rings. The topological polar surface area (TPSA) is 169 Å². The van der Waals surface area contributed by atoms with E-state index in [0.717, 1.165) is 12.2 Å². The number of urea groups is 2. The molecule has 0 spiro atoms. The van der Waals surface area contributed by atoms with Crippen LogP contribution in [0.1, 0.15) is 0 Å². The number of rotatable bonds is 6. The summed E-state index contributed by atoms with van der Waals surface area (Å²) in [4.78, 5) is 66.8. The summed E-state index contributed by atoms with van der Waals surface area (Å²) in [6.07, 6.45) is 1.51. The fourth-order valence-electron chi connectivity index (χ4n) is 1.72. The van der Waals surface area contributed by atoms with Gasteiger partial charge in [-0.2, -0.15) is 0 Å². The number of hydrogen-bond donors (Lipinski definition) is 4. The minimum absolute atomic E-state index is 0.399. The number of carbonyl (C=O) groups is 6. The molecule has 2 atom stereocenters. The molecule has 2 heterocycles. The summed E-state index contributed by atoms with van der Waals surface area (Å²) >= 11 is 0. The molecule has 0 aromatic carbocycles. The maximum absolute atomic E-state index is 11.4. The summed E-state index contributed by atoms with van der Waals surface area (Å²) in [5.41, 5.74) is 0. The van der Waals surface area contributed by atoms with Crippen molar-refractivity contribution in [3.63, 3.8) is 0 Å². The van der Waals surface area contributed by atoms with Crippen molar-refractivity contribution in [3.05, 3.63) is 12.2 Å². The lowest BCUT2D eigenvalue weighted by Crippen LogP contribution is -2.34. The van der Waals surface area contributed by atoms with Crippen molar-refractivity contribution in [1.29, 1.82) is 0 Å². The maximum Gasteiger partial charge on any atom is 0.331 e. The van der Waals surface area contributed by atoms with Gasteiger partial charge in [-0.3, -0.25) is 20.2 Å². The van der Waals surface area contributed by atoms with Crippen molar-refractivity contribution in [2.24, 2.45) is 0 Å². The highest BCUT2D eigenvalue weighted by Gasteiger charge is 2.31. The Morgan fingerprint density at radius 2 is 1.17 bits per heavy atom. The van der Waals surface area contributed by atoms with Gasteiger partial charge in [-0.05, 0) is 0 Å². The van der Waals surface area contributed by atoms with E-state index in [4.69, 9.17) is 0 Å². The summed E-state index contributed by atoms with van der Waals surface area (Å²) in [5, 5.41) is 8.35. The zero-order valence-corrected chi connectivity index (χ0v) is 12.0. The fourth-order valence-corrected chi connectivity index (χ4v) is 1.72. The van der Waals surface area contributed by atoms with Crippen LogP contribution in [-0.4, -0.2) is 61.1 Å². The highest BCUT2D eigenvalue weighted by Crippen LogP contribution is 1.97. The van der Waals surface area contributed by atoms with Gasteiger partial charge in [0.1, 0.15) is 25.3 Å². The molecule has 24 heavy (non-hydrogen) atoms. The van der Waals surface area contributed by atoms with Crippen LogP contribution in [0.5, 0.6) is 0 Å². The normalized spacial score (nSPS) is 22.7. The Balaban J connectivity index is 1.68. The zero-order chi connectivity index (χ0) is 17.7. The van der Waals surface area contributed by atoms with Crippen LogP contribution in [0.15, 0.2) is 12.2 Å². The molecule has 0 bridgehead atoms. The predicted molar refractivity (Wildman–Crippen MR) is 72.0 cm³/mol. The minimum Gasteiger partial charge on any atom is -0.460 e. The molecule has 0 aliphatic carbocycles. The maximum atomic E-state index is 11.4. The summed E-state index contributed by atoms with van der Waals surface area (Å²) in [7, 11) is 0. The van der Waals surface area contributed by atoms with Crippen LogP contribution in [-0.2, 0) is 28.7 Å². The van der Waals surface area contributed by atoms with E-state index in [9.17, 15) is 28.8 Å². The van der Waals surface area contributed by atoms with E-state index in [1.54, 1.807) is 0 Å². The molecular formula is C12H12N4O8. The second-order valence-electron chi connectivity index (χ2n) is 4.62. The van der Waals surface area contributed by atoms with E-state index in [0.29, 0.717) is 0 Å². The number of amides is 6. The lowest BCUT2D eigenvalue weighted by molar-refractivity contribution is -0.142. The van der Waals surface area contributed by atoms with E-state index in [1.165, 1.54) is 0 Å². The molecule has 12 heteroatoms. The second-order valence-corrected chi connectivity index (χ2v) is 4.62. The van der Waals surface area contributed by atoms with E-state index in [2.05, 4.69) is 20.1 Å². The van der Waals surface area contributed by atoms with Crippen LogP contribution in [0, 0.1) is 0 Å². The van der Waals surface area contributed by atoms with Gasteiger partial charge >= 0.3 is 24.0 Å². The predicted octanol–water partition coefficient (Wildman–Crippen LogP) is -2.95. The van der Waals surface area contributed by atoms with Crippen molar-refractivity contribution in [2.45, 2.75) is 12.1 Å². The minimum atomic E-state index is -0.994. The highest BCUT2D eigenvalue weighted by atomic mass is 16.5. The van der Waals surface area contributed by atoms with Crippen molar-refractivity contribution >= 4 is 35.8 Å². The Bertz CT molecular complexity index is 589.